The number of hydrogen-bond donors (Lipinski definition) is 2. The largest absolute Gasteiger partial charge is 0.395 e. The fraction of sp³-hybridized carbons (Fsp3) is 0.188. The molecule has 108 valence electrons. The Kier molecular flexibility index (Phi) is 5.50. The SMILES string of the molecule is O=C(Cc1ccsc1)Nc1ccc(F)cc1C#CCCO. The normalized spacial score (nSPS) is 9.81. The molecule has 2 N–H and O–H groups in total. The van der Waals surface area contributed by atoms with Gasteiger partial charge in [0.15, 0.2) is 0 Å². The van der Waals surface area contributed by atoms with Gasteiger partial charge < -0.3 is 10.4 Å². The number of amides is 1. The van der Waals surface area contributed by atoms with Crippen LogP contribution in [0.15, 0.2) is 35.0 Å². The lowest BCUT2D eigenvalue weighted by Gasteiger charge is -2.07. The number of hydrogen-bond acceptors (Lipinski definition) is 3. The van der Waals surface area contributed by atoms with Crippen molar-refractivity contribution in [3.8, 4) is 11.8 Å². The van der Waals surface area contributed by atoms with Crippen LogP contribution in [0, 0.1) is 17.7 Å². The number of rotatable bonds is 4. The minimum atomic E-state index is -0.417. The highest BCUT2D eigenvalue weighted by atomic mass is 32.1. The van der Waals surface area contributed by atoms with Crippen molar-refractivity contribution in [1.29, 1.82) is 0 Å². The average molecular weight is 303 g/mol. The third kappa shape index (κ3) is 4.71. The van der Waals surface area contributed by atoms with Crippen LogP contribution in [-0.2, 0) is 11.2 Å². The molecule has 0 unspecified atom stereocenters. The van der Waals surface area contributed by atoms with Gasteiger partial charge in [0.25, 0.3) is 0 Å². The molecule has 21 heavy (non-hydrogen) atoms. The molecular weight excluding hydrogens is 289 g/mol. The summed E-state index contributed by atoms with van der Waals surface area (Å²) in [6.45, 7) is -0.0534. The van der Waals surface area contributed by atoms with Gasteiger partial charge in [-0.15, -0.1) is 0 Å². The van der Waals surface area contributed by atoms with Crippen LogP contribution in [0.4, 0.5) is 10.1 Å². The molecule has 0 radical (unpaired) electrons. The quantitative estimate of drug-likeness (QED) is 0.853. The Bertz CT molecular complexity index is 671. The van der Waals surface area contributed by atoms with E-state index in [1.165, 1.54) is 29.5 Å². The van der Waals surface area contributed by atoms with Crippen LogP contribution < -0.4 is 5.32 Å². The summed E-state index contributed by atoms with van der Waals surface area (Å²) in [6, 6.07) is 5.92. The molecule has 0 fully saturated rings. The second-order valence-corrected chi connectivity index (χ2v) is 5.10. The van der Waals surface area contributed by atoms with Crippen molar-refractivity contribution in [3.05, 3.63) is 52.0 Å². The third-order valence-corrected chi connectivity index (χ3v) is 3.39. The minimum absolute atomic E-state index is 0.0534. The molecule has 0 saturated carbocycles. The first-order chi connectivity index (χ1) is 10.2. The fourth-order valence-corrected chi connectivity index (χ4v) is 2.38. The van der Waals surface area contributed by atoms with Gasteiger partial charge in [-0.05, 0) is 40.6 Å². The van der Waals surface area contributed by atoms with E-state index >= 15 is 0 Å². The highest BCUT2D eigenvalue weighted by molar-refractivity contribution is 7.08. The van der Waals surface area contributed by atoms with Crippen LogP contribution in [0.2, 0.25) is 0 Å². The summed E-state index contributed by atoms with van der Waals surface area (Å²) in [6.07, 6.45) is 0.573. The summed E-state index contributed by atoms with van der Waals surface area (Å²) in [5.41, 5.74) is 1.82. The molecule has 0 bridgehead atoms. The van der Waals surface area contributed by atoms with Crippen molar-refractivity contribution in [2.24, 2.45) is 0 Å². The molecule has 1 amide bonds. The van der Waals surface area contributed by atoms with E-state index in [2.05, 4.69) is 17.2 Å². The van der Waals surface area contributed by atoms with Gasteiger partial charge in [-0.1, -0.05) is 11.8 Å². The first kappa shape index (κ1) is 15.2. The Balaban J connectivity index is 2.12. The molecule has 2 aromatic rings. The molecule has 0 aliphatic carbocycles. The molecule has 5 heteroatoms. The predicted octanol–water partition coefficient (Wildman–Crippen LogP) is 2.80. The highest BCUT2D eigenvalue weighted by Gasteiger charge is 2.08. The van der Waals surface area contributed by atoms with Crippen molar-refractivity contribution < 1.29 is 14.3 Å². The van der Waals surface area contributed by atoms with Gasteiger partial charge in [0.2, 0.25) is 5.91 Å². The van der Waals surface area contributed by atoms with Gasteiger partial charge in [0.05, 0.1) is 24.3 Å². The van der Waals surface area contributed by atoms with Crippen molar-refractivity contribution in [2.75, 3.05) is 11.9 Å². The lowest BCUT2D eigenvalue weighted by molar-refractivity contribution is -0.115. The van der Waals surface area contributed by atoms with Gasteiger partial charge in [0, 0.05) is 6.42 Å². The Morgan fingerprint density at radius 2 is 2.24 bits per heavy atom. The molecule has 0 aliphatic rings. The van der Waals surface area contributed by atoms with E-state index in [0.29, 0.717) is 17.7 Å². The van der Waals surface area contributed by atoms with E-state index in [9.17, 15) is 9.18 Å². The fourth-order valence-electron chi connectivity index (χ4n) is 1.72. The lowest BCUT2D eigenvalue weighted by Crippen LogP contribution is -2.15. The number of aliphatic hydroxyl groups is 1. The van der Waals surface area contributed by atoms with Crippen molar-refractivity contribution in [2.45, 2.75) is 12.8 Å². The molecule has 3 nitrogen and oxygen atoms in total. The minimum Gasteiger partial charge on any atom is -0.395 e. The zero-order chi connectivity index (χ0) is 15.1. The maximum Gasteiger partial charge on any atom is 0.228 e. The summed E-state index contributed by atoms with van der Waals surface area (Å²) in [5.74, 6) is 4.88. The Morgan fingerprint density at radius 3 is 2.95 bits per heavy atom. The second kappa shape index (κ2) is 7.58. The number of thiophene rings is 1. The Morgan fingerprint density at radius 1 is 1.38 bits per heavy atom. The molecule has 1 aromatic carbocycles. The van der Waals surface area contributed by atoms with Crippen molar-refractivity contribution in [3.63, 3.8) is 0 Å². The zero-order valence-corrected chi connectivity index (χ0v) is 12.0. The van der Waals surface area contributed by atoms with Gasteiger partial charge >= 0.3 is 0 Å². The predicted molar refractivity (Wildman–Crippen MR) is 81.6 cm³/mol. The number of carbonyl (C=O) groups is 1. The topological polar surface area (TPSA) is 49.3 Å². The number of halogens is 1. The van der Waals surface area contributed by atoms with Gasteiger partial charge in [0.1, 0.15) is 5.82 Å². The number of anilines is 1. The summed E-state index contributed by atoms with van der Waals surface area (Å²) in [7, 11) is 0. The van der Waals surface area contributed by atoms with Crippen LogP contribution in [0.1, 0.15) is 17.5 Å². The maximum atomic E-state index is 13.3. The van der Waals surface area contributed by atoms with Crippen LogP contribution in [0.3, 0.4) is 0 Å². The number of aliphatic hydroxyl groups excluding tert-OH is 1. The molecule has 0 atom stereocenters. The van der Waals surface area contributed by atoms with E-state index in [4.69, 9.17) is 5.11 Å². The summed E-state index contributed by atoms with van der Waals surface area (Å²) in [4.78, 5) is 12.0. The van der Waals surface area contributed by atoms with Crippen LogP contribution >= 0.6 is 11.3 Å². The zero-order valence-electron chi connectivity index (χ0n) is 11.2. The number of nitrogens with one attached hydrogen (secondary N) is 1. The van der Waals surface area contributed by atoms with E-state index in [0.717, 1.165) is 5.56 Å². The maximum absolute atomic E-state index is 13.3. The molecule has 1 aromatic heterocycles. The smallest absolute Gasteiger partial charge is 0.228 e. The molecular formula is C16H14FNO2S. The molecule has 0 saturated heterocycles. The lowest BCUT2D eigenvalue weighted by atomic mass is 10.1. The number of benzene rings is 1. The van der Waals surface area contributed by atoms with E-state index < -0.39 is 5.82 Å². The van der Waals surface area contributed by atoms with Gasteiger partial charge in [-0.25, -0.2) is 4.39 Å². The molecule has 2 rings (SSSR count). The monoisotopic (exact) mass is 303 g/mol. The van der Waals surface area contributed by atoms with Crippen LogP contribution in [-0.4, -0.2) is 17.6 Å². The van der Waals surface area contributed by atoms with E-state index in [-0.39, 0.29) is 18.9 Å². The molecule has 1 heterocycles. The average Bonchev–Trinajstić information content (AvgIpc) is 2.95. The molecule has 0 spiro atoms. The third-order valence-electron chi connectivity index (χ3n) is 2.66. The highest BCUT2D eigenvalue weighted by Crippen LogP contribution is 2.17. The van der Waals surface area contributed by atoms with Crippen LogP contribution in [0.25, 0.3) is 0 Å². The summed E-state index contributed by atoms with van der Waals surface area (Å²) < 4.78 is 13.3. The first-order valence-corrected chi connectivity index (χ1v) is 7.33. The van der Waals surface area contributed by atoms with Crippen molar-refractivity contribution in [1.82, 2.24) is 0 Å². The van der Waals surface area contributed by atoms with E-state index in [1.54, 1.807) is 0 Å². The molecule has 0 aliphatic heterocycles. The number of carbonyl (C=O) groups excluding carboxylic acids is 1. The summed E-state index contributed by atoms with van der Waals surface area (Å²) >= 11 is 1.53. The first-order valence-electron chi connectivity index (χ1n) is 6.39. The standard InChI is InChI=1S/C16H14FNO2S/c17-14-4-5-15(13(10-14)3-1-2-7-19)18-16(20)9-12-6-8-21-11-12/h4-6,8,10-11,19H,2,7,9H2,(H,18,20). The Hall–Kier alpha value is -2.16. The summed E-state index contributed by atoms with van der Waals surface area (Å²) in [5, 5.41) is 15.3. The van der Waals surface area contributed by atoms with Crippen LogP contribution in [0.5, 0.6) is 0 Å². The van der Waals surface area contributed by atoms with Gasteiger partial charge in [-0.2, -0.15) is 11.3 Å². The van der Waals surface area contributed by atoms with Gasteiger partial charge in [-0.3, -0.25) is 4.79 Å². The van der Waals surface area contributed by atoms with Crippen molar-refractivity contribution >= 4 is 22.9 Å². The Labute approximate surface area is 126 Å². The second-order valence-electron chi connectivity index (χ2n) is 4.32. The van der Waals surface area contributed by atoms with E-state index in [1.807, 2.05) is 16.8 Å².